The summed E-state index contributed by atoms with van der Waals surface area (Å²) in [5, 5.41) is 0. The van der Waals surface area contributed by atoms with E-state index in [1.165, 1.54) is 10.2 Å². The smallest absolute Gasteiger partial charge is 0.191 e. The maximum Gasteiger partial charge on any atom is 0.191 e. The van der Waals surface area contributed by atoms with E-state index in [2.05, 4.69) is 35.1 Å². The number of aryl methyl sites for hydroxylation is 1. The number of methoxy groups -OCH3 is 2. The molecule has 1 aromatic heterocycles. The first-order chi connectivity index (χ1) is 11.8. The van der Waals surface area contributed by atoms with Crippen LogP contribution in [0.5, 0.6) is 11.5 Å². The molecule has 0 amide bonds. The number of nitrogens with zero attached hydrogens (tertiary/aromatic N) is 2. The van der Waals surface area contributed by atoms with Crippen LogP contribution < -0.4 is 14.3 Å². The Morgan fingerprint density at radius 2 is 1.96 bits per heavy atom. The van der Waals surface area contributed by atoms with Gasteiger partial charge in [-0.25, -0.2) is 4.99 Å². The van der Waals surface area contributed by atoms with E-state index in [1.54, 1.807) is 25.6 Å². The number of aromatic nitrogens is 1. The lowest BCUT2D eigenvalue weighted by molar-refractivity contribution is 0.395. The molecule has 0 aliphatic heterocycles. The van der Waals surface area contributed by atoms with Crippen LogP contribution in [0, 0.1) is 0 Å². The topological polar surface area (TPSA) is 35.8 Å². The van der Waals surface area contributed by atoms with Gasteiger partial charge in [0, 0.05) is 18.4 Å². The van der Waals surface area contributed by atoms with Crippen molar-refractivity contribution in [2.45, 2.75) is 6.54 Å². The van der Waals surface area contributed by atoms with Crippen LogP contribution in [0.3, 0.4) is 0 Å². The molecule has 3 rings (SSSR count). The molecule has 0 aliphatic carbocycles. The summed E-state index contributed by atoms with van der Waals surface area (Å²) < 4.78 is 14.3. The van der Waals surface area contributed by atoms with Gasteiger partial charge in [0.2, 0.25) is 0 Å². The van der Waals surface area contributed by atoms with Crippen molar-refractivity contribution < 1.29 is 9.47 Å². The molecular weight excluding hydrogens is 340 g/mol. The zero-order chi connectivity index (χ0) is 16.9. The molecule has 0 saturated heterocycles. The predicted molar refractivity (Wildman–Crippen MR) is 103 cm³/mol. The minimum absolute atomic E-state index is 0.711. The lowest BCUT2D eigenvalue weighted by Crippen LogP contribution is -2.15. The number of fused-ring (bicyclic) bond motifs is 1. The van der Waals surface area contributed by atoms with E-state index in [9.17, 15) is 0 Å². The van der Waals surface area contributed by atoms with Crippen LogP contribution in [0.15, 0.2) is 47.5 Å². The second kappa shape index (κ2) is 7.77. The molecule has 0 aliphatic rings. The highest BCUT2D eigenvalue weighted by Crippen LogP contribution is 2.31. The van der Waals surface area contributed by atoms with Crippen LogP contribution >= 0.6 is 23.1 Å². The van der Waals surface area contributed by atoms with Gasteiger partial charge in [0.05, 0.1) is 24.4 Å². The summed E-state index contributed by atoms with van der Waals surface area (Å²) in [7, 11) is 3.30. The number of hydrogen-bond donors (Lipinski definition) is 0. The molecule has 24 heavy (non-hydrogen) atoms. The molecule has 0 unspecified atom stereocenters. The molecule has 0 saturated carbocycles. The van der Waals surface area contributed by atoms with Gasteiger partial charge in [-0.3, -0.25) is 0 Å². The Morgan fingerprint density at radius 1 is 1.12 bits per heavy atom. The molecule has 2 aromatic carbocycles. The van der Waals surface area contributed by atoms with Crippen molar-refractivity contribution in [1.29, 1.82) is 0 Å². The monoisotopic (exact) mass is 360 g/mol. The number of thioether (sulfide) groups is 1. The average molecular weight is 361 g/mol. The van der Waals surface area contributed by atoms with Crippen LogP contribution in [0.4, 0.5) is 5.69 Å². The third kappa shape index (κ3) is 3.44. The molecule has 126 valence electrons. The van der Waals surface area contributed by atoms with E-state index in [0.717, 1.165) is 28.5 Å². The molecule has 0 bridgehead atoms. The van der Waals surface area contributed by atoms with Crippen LogP contribution in [-0.2, 0) is 6.54 Å². The molecule has 1 heterocycles. The SMILES string of the molecule is COc1ccc(N=c2sc3ccccc3n2CCSC)c(OC)c1. The van der Waals surface area contributed by atoms with E-state index in [1.807, 2.05) is 30.0 Å². The Bertz CT molecular complexity index is 899. The largest absolute Gasteiger partial charge is 0.497 e. The summed E-state index contributed by atoms with van der Waals surface area (Å²) >= 11 is 3.54. The second-order valence-corrected chi connectivity index (χ2v) is 7.14. The van der Waals surface area contributed by atoms with Crippen molar-refractivity contribution in [1.82, 2.24) is 4.57 Å². The van der Waals surface area contributed by atoms with Gasteiger partial charge in [-0.2, -0.15) is 11.8 Å². The molecule has 0 radical (unpaired) electrons. The van der Waals surface area contributed by atoms with Crippen LogP contribution in [0.2, 0.25) is 0 Å². The Hall–Kier alpha value is -1.92. The molecule has 0 spiro atoms. The fourth-order valence-corrected chi connectivity index (χ4v) is 3.92. The van der Waals surface area contributed by atoms with Gasteiger partial charge in [-0.05, 0) is 30.5 Å². The summed E-state index contributed by atoms with van der Waals surface area (Å²) in [6.07, 6.45) is 2.12. The third-order valence-electron chi connectivity index (χ3n) is 3.71. The Morgan fingerprint density at radius 3 is 2.71 bits per heavy atom. The van der Waals surface area contributed by atoms with Crippen molar-refractivity contribution in [3.63, 3.8) is 0 Å². The van der Waals surface area contributed by atoms with E-state index < -0.39 is 0 Å². The van der Waals surface area contributed by atoms with Gasteiger partial charge in [-0.1, -0.05) is 23.5 Å². The third-order valence-corrected chi connectivity index (χ3v) is 5.36. The zero-order valence-electron chi connectivity index (χ0n) is 14.0. The fraction of sp³-hybridized carbons (Fsp3) is 0.278. The summed E-state index contributed by atoms with van der Waals surface area (Å²) in [5.41, 5.74) is 2.03. The maximum atomic E-state index is 5.47. The zero-order valence-corrected chi connectivity index (χ0v) is 15.6. The van der Waals surface area contributed by atoms with Gasteiger partial charge in [0.15, 0.2) is 4.80 Å². The van der Waals surface area contributed by atoms with Gasteiger partial charge in [0.25, 0.3) is 0 Å². The minimum atomic E-state index is 0.711. The molecule has 6 heteroatoms. The first kappa shape index (κ1) is 16.9. The Labute approximate surface area is 149 Å². The van der Waals surface area contributed by atoms with E-state index in [0.29, 0.717) is 5.75 Å². The van der Waals surface area contributed by atoms with Crippen LogP contribution in [0.1, 0.15) is 0 Å². The first-order valence-electron chi connectivity index (χ1n) is 7.61. The fourth-order valence-electron chi connectivity index (χ4n) is 2.49. The standard InChI is InChI=1S/C18H20N2O2S2/c1-21-13-8-9-14(16(12-13)22-2)19-18-20(10-11-23-3)15-6-4-5-7-17(15)24-18/h4-9,12H,10-11H2,1-3H3. The highest BCUT2D eigenvalue weighted by atomic mass is 32.2. The highest BCUT2D eigenvalue weighted by Gasteiger charge is 2.08. The summed E-state index contributed by atoms with van der Waals surface area (Å²) in [4.78, 5) is 5.85. The minimum Gasteiger partial charge on any atom is -0.497 e. The van der Waals surface area contributed by atoms with Crippen molar-refractivity contribution in [3.05, 3.63) is 47.3 Å². The van der Waals surface area contributed by atoms with E-state index in [-0.39, 0.29) is 0 Å². The lowest BCUT2D eigenvalue weighted by atomic mass is 10.3. The number of thiazole rings is 1. The number of para-hydroxylation sites is 1. The van der Waals surface area contributed by atoms with Crippen LogP contribution in [0.25, 0.3) is 10.2 Å². The molecule has 0 fully saturated rings. The number of ether oxygens (including phenoxy) is 2. The average Bonchev–Trinajstić information content (AvgIpc) is 2.97. The molecule has 4 nitrogen and oxygen atoms in total. The molecule has 0 N–H and O–H groups in total. The van der Waals surface area contributed by atoms with Gasteiger partial charge in [0.1, 0.15) is 17.2 Å². The summed E-state index contributed by atoms with van der Waals surface area (Å²) in [6, 6.07) is 14.1. The second-order valence-electron chi connectivity index (χ2n) is 5.15. The summed E-state index contributed by atoms with van der Waals surface area (Å²) in [6.45, 7) is 0.933. The molecular formula is C18H20N2O2S2. The number of rotatable bonds is 6. The van der Waals surface area contributed by atoms with Crippen molar-refractivity contribution in [2.24, 2.45) is 4.99 Å². The first-order valence-corrected chi connectivity index (χ1v) is 9.82. The van der Waals surface area contributed by atoms with E-state index in [4.69, 9.17) is 14.5 Å². The van der Waals surface area contributed by atoms with Gasteiger partial charge >= 0.3 is 0 Å². The van der Waals surface area contributed by atoms with Gasteiger partial charge < -0.3 is 14.0 Å². The van der Waals surface area contributed by atoms with Crippen LogP contribution in [-0.4, -0.2) is 30.8 Å². The van der Waals surface area contributed by atoms with Crippen molar-refractivity contribution in [3.8, 4) is 11.5 Å². The van der Waals surface area contributed by atoms with Gasteiger partial charge in [-0.15, -0.1) is 0 Å². The van der Waals surface area contributed by atoms with Crippen molar-refractivity contribution >= 4 is 39.0 Å². The normalized spacial score (nSPS) is 11.9. The Balaban J connectivity index is 2.16. The Kier molecular flexibility index (Phi) is 5.48. The highest BCUT2D eigenvalue weighted by molar-refractivity contribution is 7.98. The predicted octanol–water partition coefficient (Wildman–Crippen LogP) is 4.32. The lowest BCUT2D eigenvalue weighted by Gasteiger charge is -2.07. The van der Waals surface area contributed by atoms with E-state index >= 15 is 0 Å². The summed E-state index contributed by atoms with van der Waals surface area (Å²) in [5.74, 6) is 2.52. The quantitative estimate of drug-likeness (QED) is 0.657. The molecule has 3 aromatic rings. The van der Waals surface area contributed by atoms with Crippen molar-refractivity contribution in [2.75, 3.05) is 26.2 Å². The maximum absolute atomic E-state index is 5.47. The number of hydrogen-bond acceptors (Lipinski definition) is 5. The molecule has 0 atom stereocenters. The number of benzene rings is 2.